The van der Waals surface area contributed by atoms with Crippen molar-refractivity contribution < 1.29 is 14.2 Å². The van der Waals surface area contributed by atoms with Crippen LogP contribution in [0.2, 0.25) is 0 Å². The van der Waals surface area contributed by atoms with Gasteiger partial charge in [-0.2, -0.15) is 0 Å². The standard InChI is InChI=1S/C24H19FO2/c1-27-22-13-19-18-11-8-14-4-2-3-5-17(14)24(18)23(20(19)12-21(22)25)15-6-9-16(26)10-7-15/h2-7,9-10,12-13,23,26H,8,11H2,1H3. The molecule has 27 heavy (non-hydrogen) atoms. The highest BCUT2D eigenvalue weighted by Gasteiger charge is 2.36. The summed E-state index contributed by atoms with van der Waals surface area (Å²) in [7, 11) is 1.50. The predicted molar refractivity (Wildman–Crippen MR) is 104 cm³/mol. The largest absolute Gasteiger partial charge is 0.508 e. The van der Waals surface area contributed by atoms with Gasteiger partial charge in [0.25, 0.3) is 0 Å². The van der Waals surface area contributed by atoms with Crippen LogP contribution in [0.4, 0.5) is 4.39 Å². The minimum Gasteiger partial charge on any atom is -0.508 e. The molecule has 1 N–H and O–H groups in total. The van der Waals surface area contributed by atoms with Crippen LogP contribution < -0.4 is 4.74 Å². The van der Waals surface area contributed by atoms with Crippen LogP contribution in [-0.2, 0) is 6.42 Å². The number of phenolic OH excluding ortho intramolecular Hbond substituents is 1. The van der Waals surface area contributed by atoms with E-state index in [9.17, 15) is 9.50 Å². The molecule has 0 aliphatic heterocycles. The highest BCUT2D eigenvalue weighted by molar-refractivity contribution is 6.03. The third kappa shape index (κ3) is 2.38. The van der Waals surface area contributed by atoms with Gasteiger partial charge in [0.05, 0.1) is 7.11 Å². The Balaban J connectivity index is 1.80. The van der Waals surface area contributed by atoms with E-state index in [0.717, 1.165) is 29.5 Å². The minimum atomic E-state index is -0.340. The van der Waals surface area contributed by atoms with E-state index < -0.39 is 0 Å². The molecule has 134 valence electrons. The van der Waals surface area contributed by atoms with Gasteiger partial charge in [0.2, 0.25) is 0 Å². The van der Waals surface area contributed by atoms with Crippen molar-refractivity contribution in [2.24, 2.45) is 0 Å². The number of ether oxygens (including phenoxy) is 1. The molecule has 2 nitrogen and oxygen atoms in total. The number of aromatic hydroxyl groups is 1. The van der Waals surface area contributed by atoms with E-state index in [0.29, 0.717) is 0 Å². The van der Waals surface area contributed by atoms with Gasteiger partial charge in [0.15, 0.2) is 11.6 Å². The normalized spacial score (nSPS) is 17.3. The first-order valence-corrected chi connectivity index (χ1v) is 9.15. The number of phenols is 1. The van der Waals surface area contributed by atoms with Crippen molar-refractivity contribution in [1.82, 2.24) is 0 Å². The second-order valence-electron chi connectivity index (χ2n) is 7.15. The van der Waals surface area contributed by atoms with Crippen LogP contribution in [0.1, 0.15) is 40.2 Å². The summed E-state index contributed by atoms with van der Waals surface area (Å²) in [5.41, 5.74) is 8.22. The molecule has 0 radical (unpaired) electrons. The lowest BCUT2D eigenvalue weighted by Gasteiger charge is -2.24. The van der Waals surface area contributed by atoms with Crippen molar-refractivity contribution >= 4 is 11.1 Å². The molecule has 3 aromatic carbocycles. The van der Waals surface area contributed by atoms with E-state index >= 15 is 0 Å². The van der Waals surface area contributed by atoms with E-state index in [1.54, 1.807) is 18.2 Å². The van der Waals surface area contributed by atoms with Gasteiger partial charge in [0.1, 0.15) is 5.75 Å². The Morgan fingerprint density at radius 2 is 1.74 bits per heavy atom. The fourth-order valence-corrected chi connectivity index (χ4v) is 4.56. The van der Waals surface area contributed by atoms with Crippen LogP contribution in [-0.4, -0.2) is 12.2 Å². The second kappa shape index (κ2) is 5.98. The monoisotopic (exact) mass is 358 g/mol. The molecule has 2 aliphatic rings. The van der Waals surface area contributed by atoms with Crippen LogP contribution in [0.25, 0.3) is 11.1 Å². The van der Waals surface area contributed by atoms with E-state index in [4.69, 9.17) is 4.74 Å². The number of hydrogen-bond donors (Lipinski definition) is 1. The number of hydrogen-bond acceptors (Lipinski definition) is 2. The van der Waals surface area contributed by atoms with Gasteiger partial charge in [-0.3, -0.25) is 0 Å². The number of allylic oxidation sites excluding steroid dienone is 2. The highest BCUT2D eigenvalue weighted by atomic mass is 19.1. The maximum atomic E-state index is 14.6. The molecule has 0 saturated heterocycles. The van der Waals surface area contributed by atoms with Crippen molar-refractivity contribution in [1.29, 1.82) is 0 Å². The lowest BCUT2D eigenvalue weighted by Crippen LogP contribution is -2.06. The summed E-state index contributed by atoms with van der Waals surface area (Å²) in [5, 5.41) is 9.71. The molecular weight excluding hydrogens is 339 g/mol. The Hall–Kier alpha value is -3.07. The molecule has 5 rings (SSSR count). The summed E-state index contributed by atoms with van der Waals surface area (Å²) in [4.78, 5) is 0. The van der Waals surface area contributed by atoms with Crippen LogP contribution in [0.3, 0.4) is 0 Å². The third-order valence-corrected chi connectivity index (χ3v) is 5.75. The molecule has 0 fully saturated rings. The first-order valence-electron chi connectivity index (χ1n) is 9.15. The van der Waals surface area contributed by atoms with Crippen molar-refractivity contribution in [3.05, 3.63) is 94.3 Å². The lowest BCUT2D eigenvalue weighted by molar-refractivity contribution is 0.386. The smallest absolute Gasteiger partial charge is 0.165 e. The van der Waals surface area contributed by atoms with Crippen LogP contribution in [0, 0.1) is 5.82 Å². The molecule has 0 spiro atoms. The van der Waals surface area contributed by atoms with E-state index in [2.05, 4.69) is 24.3 Å². The molecule has 0 aromatic heterocycles. The van der Waals surface area contributed by atoms with Gasteiger partial charge in [0, 0.05) is 5.92 Å². The molecule has 0 heterocycles. The lowest BCUT2D eigenvalue weighted by atomic mass is 9.80. The maximum Gasteiger partial charge on any atom is 0.165 e. The fraction of sp³-hybridized carbons (Fsp3) is 0.167. The van der Waals surface area contributed by atoms with E-state index in [-0.39, 0.29) is 23.2 Å². The summed E-state index contributed by atoms with van der Waals surface area (Å²) >= 11 is 0. The van der Waals surface area contributed by atoms with Gasteiger partial charge in [-0.05, 0) is 76.1 Å². The molecule has 1 atom stereocenters. The summed E-state index contributed by atoms with van der Waals surface area (Å²) in [5.74, 6) is 0.132. The molecule has 0 amide bonds. The average molecular weight is 358 g/mol. The fourth-order valence-electron chi connectivity index (χ4n) is 4.56. The first kappa shape index (κ1) is 16.1. The van der Waals surface area contributed by atoms with Crippen molar-refractivity contribution in [2.45, 2.75) is 18.8 Å². The van der Waals surface area contributed by atoms with Crippen LogP contribution in [0.15, 0.2) is 60.7 Å². The SMILES string of the molecule is COc1cc2c(cc1F)C(c1ccc(O)cc1)C1=C2CCc2ccccc21. The van der Waals surface area contributed by atoms with Gasteiger partial charge in [-0.1, -0.05) is 36.4 Å². The van der Waals surface area contributed by atoms with Gasteiger partial charge >= 0.3 is 0 Å². The van der Waals surface area contributed by atoms with Gasteiger partial charge < -0.3 is 9.84 Å². The number of aryl methyl sites for hydroxylation is 1. The zero-order valence-electron chi connectivity index (χ0n) is 15.0. The van der Waals surface area contributed by atoms with Gasteiger partial charge in [-0.25, -0.2) is 4.39 Å². The van der Waals surface area contributed by atoms with E-state index in [1.807, 2.05) is 18.2 Å². The summed E-state index contributed by atoms with van der Waals surface area (Å²) < 4.78 is 19.8. The predicted octanol–water partition coefficient (Wildman–Crippen LogP) is 5.54. The molecule has 3 heteroatoms. The number of halogens is 1. The zero-order chi connectivity index (χ0) is 18.5. The summed E-state index contributed by atoms with van der Waals surface area (Å²) in [6, 6.07) is 19.2. The molecule has 0 bridgehead atoms. The van der Waals surface area contributed by atoms with Crippen LogP contribution >= 0.6 is 0 Å². The number of rotatable bonds is 2. The molecular formula is C24H19FO2. The van der Waals surface area contributed by atoms with Crippen molar-refractivity contribution in [3.63, 3.8) is 0 Å². The Morgan fingerprint density at radius 1 is 0.963 bits per heavy atom. The topological polar surface area (TPSA) is 29.5 Å². The van der Waals surface area contributed by atoms with Crippen molar-refractivity contribution in [3.8, 4) is 11.5 Å². The Labute approximate surface area is 157 Å². The third-order valence-electron chi connectivity index (χ3n) is 5.75. The van der Waals surface area contributed by atoms with Gasteiger partial charge in [-0.15, -0.1) is 0 Å². The summed E-state index contributed by atoms with van der Waals surface area (Å²) in [6.07, 6.45) is 1.92. The maximum absolute atomic E-state index is 14.6. The number of benzene rings is 3. The minimum absolute atomic E-state index is 0.0440. The Bertz CT molecular complexity index is 1080. The second-order valence-corrected chi connectivity index (χ2v) is 7.15. The Morgan fingerprint density at radius 3 is 2.52 bits per heavy atom. The molecule has 3 aromatic rings. The van der Waals surface area contributed by atoms with Crippen LogP contribution in [0.5, 0.6) is 11.5 Å². The average Bonchev–Trinajstić information content (AvgIpc) is 3.01. The number of fused-ring (bicyclic) bond motifs is 4. The summed E-state index contributed by atoms with van der Waals surface area (Å²) in [6.45, 7) is 0. The molecule has 0 saturated carbocycles. The van der Waals surface area contributed by atoms with Crippen molar-refractivity contribution in [2.75, 3.05) is 7.11 Å². The quantitative estimate of drug-likeness (QED) is 0.651. The molecule has 2 aliphatic carbocycles. The number of methoxy groups -OCH3 is 1. The molecule has 1 unspecified atom stereocenters. The first-order chi connectivity index (χ1) is 13.2. The highest BCUT2D eigenvalue weighted by Crippen LogP contribution is 2.55. The Kier molecular flexibility index (Phi) is 3.57. The van der Waals surface area contributed by atoms with E-state index in [1.165, 1.54) is 29.4 Å². The zero-order valence-corrected chi connectivity index (χ0v) is 15.0.